The molecule has 1 N–H and O–H groups in total. The zero-order valence-corrected chi connectivity index (χ0v) is 17.5. The molecule has 0 bridgehead atoms. The molecule has 2 aromatic carbocycles. The van der Waals surface area contributed by atoms with Crippen LogP contribution in [-0.4, -0.2) is 37.1 Å². The monoisotopic (exact) mass is 460 g/mol. The van der Waals surface area contributed by atoms with Crippen LogP contribution in [0, 0.1) is 10.1 Å². The highest BCUT2D eigenvalue weighted by molar-refractivity contribution is 6.33. The average molecular weight is 461 g/mol. The van der Waals surface area contributed by atoms with E-state index in [2.05, 4.69) is 5.32 Å². The van der Waals surface area contributed by atoms with E-state index in [1.807, 2.05) is 0 Å². The standard InChI is InChI=1S/C21H17ClN2O8/c1-30-8-2-7-23-19(25)16-9-12-3-5-14(11-18(12)32-21(16)27)31-20(26)15-10-13(24(28)29)4-6-17(15)22/h3-6,9-11H,2,7-8H2,1H3,(H,23,25). The predicted molar refractivity (Wildman–Crippen MR) is 114 cm³/mol. The number of rotatable bonds is 8. The number of methoxy groups -OCH3 is 1. The lowest BCUT2D eigenvalue weighted by Crippen LogP contribution is -2.29. The number of fused-ring (bicyclic) bond motifs is 1. The first-order valence-corrected chi connectivity index (χ1v) is 9.69. The van der Waals surface area contributed by atoms with Crippen molar-refractivity contribution in [3.05, 3.63) is 79.1 Å². The molecule has 0 saturated heterocycles. The quantitative estimate of drug-likeness (QED) is 0.135. The van der Waals surface area contributed by atoms with Crippen LogP contribution in [0.1, 0.15) is 27.1 Å². The molecule has 3 rings (SSSR count). The summed E-state index contributed by atoms with van der Waals surface area (Å²) in [6.07, 6.45) is 0.588. The number of benzene rings is 2. The van der Waals surface area contributed by atoms with Gasteiger partial charge >= 0.3 is 11.6 Å². The largest absolute Gasteiger partial charge is 0.423 e. The lowest BCUT2D eigenvalue weighted by Gasteiger charge is -2.08. The summed E-state index contributed by atoms with van der Waals surface area (Å²) in [6, 6.07) is 8.97. The molecule has 166 valence electrons. The summed E-state index contributed by atoms with van der Waals surface area (Å²) in [7, 11) is 1.55. The minimum Gasteiger partial charge on any atom is -0.423 e. The van der Waals surface area contributed by atoms with Gasteiger partial charge in [0, 0.05) is 43.8 Å². The van der Waals surface area contributed by atoms with Crippen molar-refractivity contribution in [1.29, 1.82) is 0 Å². The number of ether oxygens (including phenoxy) is 2. The fraction of sp³-hybridized carbons (Fsp3) is 0.190. The van der Waals surface area contributed by atoms with Crippen LogP contribution in [0.4, 0.5) is 5.69 Å². The van der Waals surface area contributed by atoms with E-state index in [4.69, 9.17) is 25.5 Å². The van der Waals surface area contributed by atoms with Crippen molar-refractivity contribution in [2.24, 2.45) is 0 Å². The number of halogens is 1. The second-order valence-electron chi connectivity index (χ2n) is 6.56. The third kappa shape index (κ3) is 5.29. The highest BCUT2D eigenvalue weighted by Gasteiger charge is 2.19. The normalized spacial score (nSPS) is 10.7. The summed E-state index contributed by atoms with van der Waals surface area (Å²) in [6.45, 7) is 0.800. The summed E-state index contributed by atoms with van der Waals surface area (Å²) in [5.74, 6) is -1.48. The van der Waals surface area contributed by atoms with Crippen LogP contribution in [0.3, 0.4) is 0 Å². The number of nitrogens with zero attached hydrogens (tertiary/aromatic N) is 1. The Labute approximate surface area is 185 Å². The molecule has 1 amide bonds. The minimum atomic E-state index is -0.924. The molecule has 11 heteroatoms. The van der Waals surface area contributed by atoms with Gasteiger partial charge in [-0.05, 0) is 30.7 Å². The van der Waals surface area contributed by atoms with Gasteiger partial charge < -0.3 is 19.2 Å². The Kier molecular flexibility index (Phi) is 7.18. The number of nitrogens with one attached hydrogen (secondary N) is 1. The summed E-state index contributed by atoms with van der Waals surface area (Å²) in [5.41, 5.74) is -1.45. The molecule has 0 saturated carbocycles. The number of nitro benzene ring substituents is 1. The SMILES string of the molecule is COCCCNC(=O)c1cc2ccc(OC(=O)c3cc([N+](=O)[O-])ccc3Cl)cc2oc1=O. The molecule has 0 atom stereocenters. The van der Waals surface area contributed by atoms with Gasteiger partial charge in [0.25, 0.3) is 11.6 Å². The Bertz CT molecular complexity index is 1250. The molecule has 0 aliphatic heterocycles. The maximum absolute atomic E-state index is 12.4. The van der Waals surface area contributed by atoms with Crippen LogP contribution in [0.2, 0.25) is 5.02 Å². The Hall–Kier alpha value is -3.76. The Morgan fingerprint density at radius 2 is 1.94 bits per heavy atom. The molecule has 0 unspecified atom stereocenters. The van der Waals surface area contributed by atoms with Crippen LogP contribution in [0.25, 0.3) is 11.0 Å². The number of hydrogen-bond acceptors (Lipinski definition) is 8. The van der Waals surface area contributed by atoms with Crippen LogP contribution in [-0.2, 0) is 4.74 Å². The second kappa shape index (κ2) is 10.0. The predicted octanol–water partition coefficient (Wildman–Crippen LogP) is 3.34. The van der Waals surface area contributed by atoms with Gasteiger partial charge in [-0.25, -0.2) is 9.59 Å². The van der Waals surface area contributed by atoms with E-state index >= 15 is 0 Å². The maximum Gasteiger partial charge on any atom is 0.349 e. The second-order valence-corrected chi connectivity index (χ2v) is 6.97. The number of esters is 1. The van der Waals surface area contributed by atoms with Gasteiger partial charge in [-0.15, -0.1) is 0 Å². The Morgan fingerprint density at radius 3 is 2.66 bits per heavy atom. The van der Waals surface area contributed by atoms with E-state index in [1.165, 1.54) is 30.3 Å². The lowest BCUT2D eigenvalue weighted by atomic mass is 10.1. The van der Waals surface area contributed by atoms with Crippen molar-refractivity contribution in [1.82, 2.24) is 5.32 Å². The van der Waals surface area contributed by atoms with Crippen LogP contribution in [0.15, 0.2) is 51.7 Å². The number of amides is 1. The zero-order chi connectivity index (χ0) is 23.3. The van der Waals surface area contributed by atoms with Gasteiger partial charge in [0.1, 0.15) is 16.9 Å². The fourth-order valence-corrected chi connectivity index (χ4v) is 2.97. The van der Waals surface area contributed by atoms with E-state index < -0.39 is 22.4 Å². The van der Waals surface area contributed by atoms with Crippen molar-refractivity contribution >= 4 is 40.1 Å². The minimum absolute atomic E-state index is 0.0185. The number of nitro groups is 1. The third-order valence-corrected chi connectivity index (χ3v) is 4.68. The highest BCUT2D eigenvalue weighted by Crippen LogP contribution is 2.25. The van der Waals surface area contributed by atoms with E-state index in [9.17, 15) is 24.5 Å². The molecule has 0 radical (unpaired) electrons. The molecule has 0 spiro atoms. The maximum atomic E-state index is 12.4. The summed E-state index contributed by atoms with van der Waals surface area (Å²) in [4.78, 5) is 47.1. The van der Waals surface area contributed by atoms with Gasteiger partial charge in [-0.1, -0.05) is 11.6 Å². The third-order valence-electron chi connectivity index (χ3n) is 4.35. The molecule has 0 aliphatic rings. The summed E-state index contributed by atoms with van der Waals surface area (Å²) >= 11 is 5.95. The summed E-state index contributed by atoms with van der Waals surface area (Å²) < 4.78 is 15.3. The van der Waals surface area contributed by atoms with Crippen LogP contribution >= 0.6 is 11.6 Å². The van der Waals surface area contributed by atoms with E-state index in [0.29, 0.717) is 25.0 Å². The van der Waals surface area contributed by atoms with Crippen LogP contribution < -0.4 is 15.7 Å². The van der Waals surface area contributed by atoms with Crippen molar-refractivity contribution in [3.8, 4) is 5.75 Å². The van der Waals surface area contributed by atoms with Crippen molar-refractivity contribution in [2.75, 3.05) is 20.3 Å². The molecule has 0 aliphatic carbocycles. The summed E-state index contributed by atoms with van der Waals surface area (Å²) in [5, 5.41) is 13.9. The number of non-ortho nitro benzene ring substituents is 1. The Balaban J connectivity index is 1.81. The number of carbonyl (C=O) groups excluding carboxylic acids is 2. The number of hydrogen-bond donors (Lipinski definition) is 1. The van der Waals surface area contributed by atoms with Crippen molar-refractivity contribution in [3.63, 3.8) is 0 Å². The molecular weight excluding hydrogens is 444 g/mol. The fourth-order valence-electron chi connectivity index (χ4n) is 2.77. The lowest BCUT2D eigenvalue weighted by molar-refractivity contribution is -0.384. The molecule has 0 fully saturated rings. The van der Waals surface area contributed by atoms with Gasteiger partial charge in [0.2, 0.25) is 0 Å². The van der Waals surface area contributed by atoms with Gasteiger partial charge in [-0.2, -0.15) is 0 Å². The first kappa shape index (κ1) is 22.9. The Morgan fingerprint density at radius 1 is 1.16 bits per heavy atom. The highest BCUT2D eigenvalue weighted by atomic mass is 35.5. The molecular formula is C21H17ClN2O8. The van der Waals surface area contributed by atoms with Crippen molar-refractivity contribution in [2.45, 2.75) is 6.42 Å². The molecule has 3 aromatic rings. The smallest absolute Gasteiger partial charge is 0.349 e. The van der Waals surface area contributed by atoms with E-state index in [1.54, 1.807) is 7.11 Å². The van der Waals surface area contributed by atoms with E-state index in [-0.39, 0.29) is 33.2 Å². The van der Waals surface area contributed by atoms with E-state index in [0.717, 1.165) is 12.1 Å². The zero-order valence-electron chi connectivity index (χ0n) is 16.8. The van der Waals surface area contributed by atoms with Crippen molar-refractivity contribution < 1.29 is 28.4 Å². The van der Waals surface area contributed by atoms with Gasteiger partial charge in [0.15, 0.2) is 0 Å². The molecule has 1 aromatic heterocycles. The first-order chi connectivity index (χ1) is 15.3. The average Bonchev–Trinajstić information content (AvgIpc) is 2.76. The topological polar surface area (TPSA) is 138 Å². The molecule has 32 heavy (non-hydrogen) atoms. The molecule has 1 heterocycles. The van der Waals surface area contributed by atoms with Gasteiger partial charge in [-0.3, -0.25) is 14.9 Å². The van der Waals surface area contributed by atoms with Crippen LogP contribution in [0.5, 0.6) is 5.75 Å². The number of carbonyl (C=O) groups is 2. The molecule has 10 nitrogen and oxygen atoms in total. The van der Waals surface area contributed by atoms with Gasteiger partial charge in [0.05, 0.1) is 15.5 Å². The first-order valence-electron chi connectivity index (χ1n) is 9.31.